The molecule has 2 aromatic heterocycles. The molecule has 0 amide bonds. The molecule has 0 aliphatic carbocycles. The summed E-state index contributed by atoms with van der Waals surface area (Å²) >= 11 is 12.2. The number of hydrogen-bond acceptors (Lipinski definition) is 6. The number of rotatable bonds is 9. The summed E-state index contributed by atoms with van der Waals surface area (Å²) in [6.45, 7) is 3.82. The normalized spacial score (nSPS) is 16.9. The van der Waals surface area contributed by atoms with Gasteiger partial charge in [0.1, 0.15) is 18.2 Å². The molecule has 2 aliphatic rings. The molecule has 2 aromatic carbocycles. The summed E-state index contributed by atoms with van der Waals surface area (Å²) in [5, 5.41) is 10.5. The Morgan fingerprint density at radius 1 is 1.12 bits per heavy atom. The molecule has 0 saturated carbocycles. The van der Waals surface area contributed by atoms with Gasteiger partial charge in [0.2, 0.25) is 0 Å². The summed E-state index contributed by atoms with van der Waals surface area (Å²) in [7, 11) is 0. The fourth-order valence-corrected chi connectivity index (χ4v) is 5.32. The van der Waals surface area contributed by atoms with Gasteiger partial charge in [-0.2, -0.15) is 13.5 Å². The second kappa shape index (κ2) is 12.2. The maximum atomic E-state index is 11.6. The summed E-state index contributed by atoms with van der Waals surface area (Å²) < 4.78 is 13.7. The average molecular weight is 600 g/mol. The van der Waals surface area contributed by atoms with E-state index in [2.05, 4.69) is 15.5 Å². The topological polar surface area (TPSA) is 89.7 Å². The minimum atomic E-state index is -0.948. The number of fused-ring (bicyclic) bond motifs is 1. The molecule has 208 valence electrons. The Morgan fingerprint density at radius 2 is 1.98 bits per heavy atom. The molecule has 0 radical (unpaired) electrons. The second-order valence-electron chi connectivity index (χ2n) is 9.71. The van der Waals surface area contributed by atoms with Gasteiger partial charge in [-0.05, 0) is 60.5 Å². The van der Waals surface area contributed by atoms with Gasteiger partial charge in [-0.1, -0.05) is 35.3 Å². The molecule has 1 N–H and O–H groups in total. The SMILES string of the molecule is O=C(O)c1ccc2nc(CN3CC=C(c4cccc(COc5ccc(Cl)cc5Cl)n4)C3)n(C[C@@H]3CCO3)c2c1.S. The molecule has 4 heterocycles. The van der Waals surface area contributed by atoms with E-state index in [1.54, 1.807) is 36.4 Å². The van der Waals surface area contributed by atoms with Crippen LogP contribution in [0.4, 0.5) is 0 Å². The van der Waals surface area contributed by atoms with Crippen LogP contribution in [0.25, 0.3) is 16.6 Å². The number of benzene rings is 2. The zero-order valence-corrected chi connectivity index (χ0v) is 24.0. The van der Waals surface area contributed by atoms with E-state index in [4.69, 9.17) is 42.6 Å². The quantitative estimate of drug-likeness (QED) is 0.260. The number of nitrogens with zero attached hydrogens (tertiary/aromatic N) is 4. The van der Waals surface area contributed by atoms with E-state index < -0.39 is 5.97 Å². The van der Waals surface area contributed by atoms with E-state index in [0.717, 1.165) is 59.9 Å². The van der Waals surface area contributed by atoms with E-state index >= 15 is 0 Å². The third-order valence-corrected chi connectivity index (χ3v) is 7.54. The Hall–Kier alpha value is -3.08. The van der Waals surface area contributed by atoms with Crippen LogP contribution in [-0.4, -0.2) is 56.3 Å². The number of carbonyl (C=O) groups is 1. The van der Waals surface area contributed by atoms with Crippen LogP contribution in [-0.2, 0) is 24.4 Å². The van der Waals surface area contributed by atoms with Crippen LogP contribution in [0.15, 0.2) is 60.7 Å². The van der Waals surface area contributed by atoms with E-state index in [1.165, 1.54) is 0 Å². The number of carboxylic acids is 1. The van der Waals surface area contributed by atoms with Crippen molar-refractivity contribution in [3.63, 3.8) is 0 Å². The van der Waals surface area contributed by atoms with Crippen molar-refractivity contribution in [2.75, 3.05) is 19.7 Å². The molecule has 0 bridgehead atoms. The van der Waals surface area contributed by atoms with Crippen LogP contribution in [0.5, 0.6) is 5.75 Å². The zero-order valence-electron chi connectivity index (χ0n) is 21.5. The predicted molar refractivity (Wildman–Crippen MR) is 160 cm³/mol. The van der Waals surface area contributed by atoms with Gasteiger partial charge in [-0.3, -0.25) is 4.90 Å². The first kappa shape index (κ1) is 28.4. The molecule has 1 saturated heterocycles. The van der Waals surface area contributed by atoms with Crippen molar-refractivity contribution >= 4 is 59.3 Å². The maximum absolute atomic E-state index is 11.6. The van der Waals surface area contributed by atoms with Crippen molar-refractivity contribution in [1.29, 1.82) is 0 Å². The monoisotopic (exact) mass is 598 g/mol. The Bertz CT molecular complexity index is 1590. The van der Waals surface area contributed by atoms with Crippen LogP contribution in [0, 0.1) is 0 Å². The number of pyridine rings is 1. The fraction of sp³-hybridized carbons (Fsp3) is 0.276. The molecule has 1 fully saturated rings. The molecule has 4 aromatic rings. The van der Waals surface area contributed by atoms with Crippen molar-refractivity contribution in [3.05, 3.63) is 93.5 Å². The molecule has 1 atom stereocenters. The van der Waals surface area contributed by atoms with Crippen LogP contribution in [0.3, 0.4) is 0 Å². The highest BCUT2D eigenvalue weighted by molar-refractivity contribution is 7.59. The zero-order chi connectivity index (χ0) is 26.9. The molecule has 6 rings (SSSR count). The first-order chi connectivity index (χ1) is 18.9. The number of ether oxygens (including phenoxy) is 2. The molecule has 2 aliphatic heterocycles. The Morgan fingerprint density at radius 3 is 2.73 bits per heavy atom. The number of aromatic carboxylic acids is 1. The largest absolute Gasteiger partial charge is 0.486 e. The van der Waals surface area contributed by atoms with Gasteiger partial charge in [0, 0.05) is 24.7 Å². The van der Waals surface area contributed by atoms with Gasteiger partial charge < -0.3 is 19.1 Å². The number of aromatic nitrogens is 3. The molecule has 40 heavy (non-hydrogen) atoms. The van der Waals surface area contributed by atoms with Gasteiger partial charge in [-0.15, -0.1) is 0 Å². The van der Waals surface area contributed by atoms with E-state index in [1.807, 2.05) is 18.2 Å². The van der Waals surface area contributed by atoms with Crippen molar-refractivity contribution < 1.29 is 19.4 Å². The molecular formula is C29H28Cl2N4O4S. The van der Waals surface area contributed by atoms with Gasteiger partial charge in [0.25, 0.3) is 0 Å². The van der Waals surface area contributed by atoms with Gasteiger partial charge in [0.05, 0.1) is 52.2 Å². The Kier molecular flexibility index (Phi) is 8.68. The highest BCUT2D eigenvalue weighted by Gasteiger charge is 2.25. The number of halogens is 2. The lowest BCUT2D eigenvalue weighted by Gasteiger charge is -2.28. The van der Waals surface area contributed by atoms with Gasteiger partial charge >= 0.3 is 5.97 Å². The van der Waals surface area contributed by atoms with E-state index in [9.17, 15) is 9.90 Å². The van der Waals surface area contributed by atoms with Crippen molar-refractivity contribution in [2.24, 2.45) is 0 Å². The van der Waals surface area contributed by atoms with Gasteiger partial charge in [-0.25, -0.2) is 14.8 Å². The smallest absolute Gasteiger partial charge is 0.335 e. The summed E-state index contributed by atoms with van der Waals surface area (Å²) in [6, 6.07) is 16.1. The van der Waals surface area contributed by atoms with Crippen molar-refractivity contribution in [2.45, 2.75) is 32.2 Å². The first-order valence-corrected chi connectivity index (χ1v) is 13.5. The van der Waals surface area contributed by atoms with Gasteiger partial charge in [0.15, 0.2) is 0 Å². The Labute approximate surface area is 248 Å². The average Bonchev–Trinajstić information content (AvgIpc) is 3.50. The fourth-order valence-electron chi connectivity index (χ4n) is 4.86. The third kappa shape index (κ3) is 6.14. The lowest BCUT2D eigenvalue weighted by atomic mass is 10.1. The van der Waals surface area contributed by atoms with Crippen molar-refractivity contribution in [3.8, 4) is 5.75 Å². The number of imidazole rings is 1. The van der Waals surface area contributed by atoms with Crippen LogP contribution >= 0.6 is 36.7 Å². The second-order valence-corrected chi connectivity index (χ2v) is 10.5. The summed E-state index contributed by atoms with van der Waals surface area (Å²) in [4.78, 5) is 23.5. The summed E-state index contributed by atoms with van der Waals surface area (Å²) in [6.07, 6.45) is 3.30. The highest BCUT2D eigenvalue weighted by Crippen LogP contribution is 2.29. The van der Waals surface area contributed by atoms with Crippen LogP contribution in [0.2, 0.25) is 10.0 Å². The molecular weight excluding hydrogens is 571 g/mol. The van der Waals surface area contributed by atoms with E-state index in [-0.39, 0.29) is 31.8 Å². The highest BCUT2D eigenvalue weighted by atomic mass is 35.5. The third-order valence-electron chi connectivity index (χ3n) is 7.01. The number of hydrogen-bond donors (Lipinski definition) is 1. The standard InChI is InChI=1S/C29H26Cl2N4O4.H2S/c30-20-5-7-27(23(31)13-20)39-17-21-2-1-3-24(32-21)19-8-10-34(14-19)16-28-33-25-6-4-18(29(36)37)12-26(25)35(28)15-22-9-11-38-22;/h1-8,12-13,22H,9-11,14-17H2,(H,36,37);1H2/t22-;/m0./s1. The molecule has 8 nitrogen and oxygen atoms in total. The first-order valence-electron chi connectivity index (χ1n) is 12.7. The lowest BCUT2D eigenvalue weighted by molar-refractivity contribution is -0.0591. The van der Waals surface area contributed by atoms with E-state index in [0.29, 0.717) is 28.9 Å². The minimum Gasteiger partial charge on any atom is -0.486 e. The summed E-state index contributed by atoms with van der Waals surface area (Å²) in [5.41, 5.74) is 4.71. The van der Waals surface area contributed by atoms with Crippen LogP contribution < -0.4 is 4.74 Å². The predicted octanol–water partition coefficient (Wildman–Crippen LogP) is 5.82. The molecule has 11 heteroatoms. The molecule has 0 unspecified atom stereocenters. The number of carboxylic acid groups (broad SMARTS) is 1. The maximum Gasteiger partial charge on any atom is 0.335 e. The Balaban J connectivity index is 0.00000323. The van der Waals surface area contributed by atoms with Crippen molar-refractivity contribution in [1.82, 2.24) is 19.4 Å². The van der Waals surface area contributed by atoms with Crippen LogP contribution in [0.1, 0.15) is 34.0 Å². The lowest BCUT2D eigenvalue weighted by Crippen LogP contribution is -2.32. The summed E-state index contributed by atoms with van der Waals surface area (Å²) in [5.74, 6) is 0.508. The molecule has 0 spiro atoms. The minimum absolute atomic E-state index is 0.